The van der Waals surface area contributed by atoms with Crippen LogP contribution in [0.15, 0.2) is 24.3 Å². The molecule has 0 atom stereocenters. The molecular formula is C16H19NO2. The summed E-state index contributed by atoms with van der Waals surface area (Å²) in [6.07, 6.45) is 2.54. The molecule has 0 spiro atoms. The molecule has 1 aromatic carbocycles. The normalized spacial score (nSPS) is 14.8. The largest absolute Gasteiger partial charge is 0.461 e. The van der Waals surface area contributed by atoms with Gasteiger partial charge in [0.2, 0.25) is 0 Å². The van der Waals surface area contributed by atoms with E-state index in [1.807, 2.05) is 13.0 Å². The van der Waals surface area contributed by atoms with E-state index in [1.54, 1.807) is 0 Å². The number of rotatable bonds is 4. The second-order valence-electron chi connectivity index (χ2n) is 5.37. The first kappa shape index (κ1) is 12.3. The van der Waals surface area contributed by atoms with Crippen LogP contribution in [-0.4, -0.2) is 17.1 Å². The molecule has 0 saturated heterocycles. The highest BCUT2D eigenvalue weighted by atomic mass is 16.5. The zero-order valence-electron chi connectivity index (χ0n) is 11.5. The van der Waals surface area contributed by atoms with E-state index in [0.29, 0.717) is 12.3 Å². The Hall–Kier alpha value is -1.77. The molecule has 3 rings (SSSR count). The fourth-order valence-electron chi connectivity index (χ4n) is 2.52. The molecule has 3 nitrogen and oxygen atoms in total. The molecule has 0 bridgehead atoms. The van der Waals surface area contributed by atoms with Gasteiger partial charge in [0.05, 0.1) is 6.61 Å². The molecular weight excluding hydrogens is 238 g/mol. The van der Waals surface area contributed by atoms with Crippen LogP contribution in [0, 0.1) is 12.8 Å². The standard InChI is InChI=1S/C16H19NO2/c1-3-19-16(18)15-9-13-8-11(2)4-7-14(13)17(15)10-12-5-6-12/h4,7-9,12H,3,5-6,10H2,1-2H3. The molecule has 1 heterocycles. The van der Waals surface area contributed by atoms with Gasteiger partial charge >= 0.3 is 5.97 Å². The van der Waals surface area contributed by atoms with Crippen LogP contribution in [0.4, 0.5) is 0 Å². The summed E-state index contributed by atoms with van der Waals surface area (Å²) in [6.45, 7) is 5.27. The van der Waals surface area contributed by atoms with Crippen molar-refractivity contribution in [1.82, 2.24) is 4.57 Å². The predicted molar refractivity (Wildman–Crippen MR) is 75.4 cm³/mol. The highest BCUT2D eigenvalue weighted by Gasteiger charge is 2.25. The van der Waals surface area contributed by atoms with Gasteiger partial charge in [-0.15, -0.1) is 0 Å². The molecule has 3 heteroatoms. The number of aromatic nitrogens is 1. The Kier molecular flexibility index (Phi) is 3.05. The number of ether oxygens (including phenoxy) is 1. The third kappa shape index (κ3) is 2.37. The Morgan fingerprint density at radius 2 is 2.16 bits per heavy atom. The summed E-state index contributed by atoms with van der Waals surface area (Å²) < 4.78 is 7.30. The van der Waals surface area contributed by atoms with E-state index in [0.717, 1.165) is 23.4 Å². The lowest BCUT2D eigenvalue weighted by atomic mass is 10.2. The van der Waals surface area contributed by atoms with Crippen LogP contribution < -0.4 is 0 Å². The van der Waals surface area contributed by atoms with Gasteiger partial charge in [0.15, 0.2) is 0 Å². The van der Waals surface area contributed by atoms with Crippen LogP contribution in [0.5, 0.6) is 0 Å². The molecule has 1 aliphatic rings. The number of fused-ring (bicyclic) bond motifs is 1. The fourth-order valence-corrected chi connectivity index (χ4v) is 2.52. The zero-order valence-corrected chi connectivity index (χ0v) is 11.5. The highest BCUT2D eigenvalue weighted by molar-refractivity contribution is 5.95. The van der Waals surface area contributed by atoms with Gasteiger partial charge in [-0.1, -0.05) is 11.6 Å². The van der Waals surface area contributed by atoms with Crippen LogP contribution in [-0.2, 0) is 11.3 Å². The third-order valence-corrected chi connectivity index (χ3v) is 3.68. The van der Waals surface area contributed by atoms with Gasteiger partial charge in [-0.3, -0.25) is 0 Å². The van der Waals surface area contributed by atoms with Crippen molar-refractivity contribution in [1.29, 1.82) is 0 Å². The van der Waals surface area contributed by atoms with Crippen molar-refractivity contribution in [3.05, 3.63) is 35.5 Å². The van der Waals surface area contributed by atoms with E-state index >= 15 is 0 Å². The molecule has 0 amide bonds. The Labute approximate surface area is 113 Å². The third-order valence-electron chi connectivity index (χ3n) is 3.68. The number of carbonyl (C=O) groups excluding carboxylic acids is 1. The Balaban J connectivity index is 2.09. The topological polar surface area (TPSA) is 31.2 Å². The van der Waals surface area contributed by atoms with Crippen molar-refractivity contribution >= 4 is 16.9 Å². The van der Waals surface area contributed by atoms with Crippen LogP contribution in [0.25, 0.3) is 10.9 Å². The van der Waals surface area contributed by atoms with Crippen molar-refractivity contribution < 1.29 is 9.53 Å². The lowest BCUT2D eigenvalue weighted by Crippen LogP contribution is -2.13. The van der Waals surface area contributed by atoms with Crippen LogP contribution in [0.2, 0.25) is 0 Å². The first-order chi connectivity index (χ1) is 9.19. The number of hydrogen-bond acceptors (Lipinski definition) is 2. The number of carbonyl (C=O) groups is 1. The summed E-state index contributed by atoms with van der Waals surface area (Å²) >= 11 is 0. The average Bonchev–Trinajstić information content (AvgIpc) is 3.11. The molecule has 0 N–H and O–H groups in total. The minimum atomic E-state index is -0.211. The summed E-state index contributed by atoms with van der Waals surface area (Å²) in [5, 5.41) is 1.13. The lowest BCUT2D eigenvalue weighted by Gasteiger charge is -2.09. The first-order valence-corrected chi connectivity index (χ1v) is 6.96. The molecule has 0 unspecified atom stereocenters. The number of aryl methyl sites for hydroxylation is 1. The van der Waals surface area contributed by atoms with E-state index in [1.165, 1.54) is 18.4 Å². The number of esters is 1. The zero-order chi connectivity index (χ0) is 13.4. The maximum absolute atomic E-state index is 12.1. The quantitative estimate of drug-likeness (QED) is 0.784. The van der Waals surface area contributed by atoms with Gasteiger partial charge in [0, 0.05) is 17.4 Å². The van der Waals surface area contributed by atoms with E-state index in [2.05, 4.69) is 29.7 Å². The SMILES string of the molecule is CCOC(=O)c1cc2cc(C)ccc2n1CC1CC1. The summed E-state index contributed by atoms with van der Waals surface area (Å²) in [7, 11) is 0. The Morgan fingerprint density at radius 3 is 2.84 bits per heavy atom. The van der Waals surface area contributed by atoms with Gasteiger partial charge in [0.1, 0.15) is 5.69 Å². The molecule has 1 aromatic heterocycles. The molecule has 1 fully saturated rings. The van der Waals surface area contributed by atoms with Gasteiger partial charge < -0.3 is 9.30 Å². The Bertz CT molecular complexity index is 623. The molecule has 2 aromatic rings. The fraction of sp³-hybridized carbons (Fsp3) is 0.438. The molecule has 19 heavy (non-hydrogen) atoms. The van der Waals surface area contributed by atoms with E-state index in [-0.39, 0.29) is 5.97 Å². The molecule has 0 radical (unpaired) electrons. The Morgan fingerprint density at radius 1 is 1.37 bits per heavy atom. The summed E-state index contributed by atoms with van der Waals surface area (Å²) in [5.41, 5.74) is 3.04. The minimum absolute atomic E-state index is 0.211. The molecule has 1 saturated carbocycles. The van der Waals surface area contributed by atoms with Gasteiger partial charge in [-0.2, -0.15) is 0 Å². The van der Waals surface area contributed by atoms with Crippen molar-refractivity contribution in [2.75, 3.05) is 6.61 Å². The van der Waals surface area contributed by atoms with E-state index < -0.39 is 0 Å². The van der Waals surface area contributed by atoms with E-state index in [9.17, 15) is 4.79 Å². The number of hydrogen-bond donors (Lipinski definition) is 0. The van der Waals surface area contributed by atoms with Crippen molar-refractivity contribution in [2.45, 2.75) is 33.2 Å². The first-order valence-electron chi connectivity index (χ1n) is 6.96. The highest BCUT2D eigenvalue weighted by Crippen LogP contribution is 2.33. The second-order valence-corrected chi connectivity index (χ2v) is 5.37. The van der Waals surface area contributed by atoms with Crippen LogP contribution in [0.3, 0.4) is 0 Å². The summed E-state index contributed by atoms with van der Waals surface area (Å²) in [6, 6.07) is 8.29. The van der Waals surface area contributed by atoms with E-state index in [4.69, 9.17) is 4.74 Å². The van der Waals surface area contributed by atoms with Gasteiger partial charge in [0.25, 0.3) is 0 Å². The van der Waals surface area contributed by atoms with Crippen LogP contribution in [0.1, 0.15) is 35.8 Å². The summed E-state index contributed by atoms with van der Waals surface area (Å²) in [4.78, 5) is 12.1. The minimum Gasteiger partial charge on any atom is -0.461 e. The maximum atomic E-state index is 12.1. The average molecular weight is 257 g/mol. The number of nitrogens with zero attached hydrogens (tertiary/aromatic N) is 1. The number of benzene rings is 1. The van der Waals surface area contributed by atoms with Crippen LogP contribution >= 0.6 is 0 Å². The van der Waals surface area contributed by atoms with Crippen molar-refractivity contribution in [3.8, 4) is 0 Å². The monoisotopic (exact) mass is 257 g/mol. The molecule has 0 aliphatic heterocycles. The van der Waals surface area contributed by atoms with Crippen molar-refractivity contribution in [3.63, 3.8) is 0 Å². The van der Waals surface area contributed by atoms with Gasteiger partial charge in [-0.05, 0) is 50.8 Å². The predicted octanol–water partition coefficient (Wildman–Crippen LogP) is 3.54. The van der Waals surface area contributed by atoms with Gasteiger partial charge in [-0.25, -0.2) is 4.79 Å². The molecule has 100 valence electrons. The smallest absolute Gasteiger partial charge is 0.354 e. The summed E-state index contributed by atoms with van der Waals surface area (Å²) in [5.74, 6) is 0.516. The second kappa shape index (κ2) is 4.72. The van der Waals surface area contributed by atoms with Crippen molar-refractivity contribution in [2.24, 2.45) is 5.92 Å². The lowest BCUT2D eigenvalue weighted by molar-refractivity contribution is 0.0514. The molecule has 1 aliphatic carbocycles. The maximum Gasteiger partial charge on any atom is 0.354 e.